The molecular formula is C10H7Cl2FO. The van der Waals surface area contributed by atoms with Gasteiger partial charge < -0.3 is 5.11 Å². The first-order chi connectivity index (χ1) is 6.65. The Hall–Kier alpha value is -0.910. The molecule has 0 fully saturated rings. The molecule has 0 heterocycles. The number of phenolic OH excluding ortho intramolecular Hbond substituents is 1. The largest absolute Gasteiger partial charge is 0.505 e. The minimum absolute atomic E-state index is 0.0415. The van der Waals surface area contributed by atoms with Crippen molar-refractivity contribution in [3.8, 4) is 17.6 Å². The van der Waals surface area contributed by atoms with Gasteiger partial charge in [-0.1, -0.05) is 23.4 Å². The molecule has 0 atom stereocenters. The SMILES string of the molecule is Oc1c(Cl)cc(F)cc1C#CCCCl. The van der Waals surface area contributed by atoms with Gasteiger partial charge >= 0.3 is 0 Å². The van der Waals surface area contributed by atoms with Gasteiger partial charge in [-0.3, -0.25) is 0 Å². The second-order valence-corrected chi connectivity index (χ2v) is 3.31. The summed E-state index contributed by atoms with van der Waals surface area (Å²) in [6, 6.07) is 2.16. The van der Waals surface area contributed by atoms with Crippen molar-refractivity contribution in [3.05, 3.63) is 28.5 Å². The molecule has 74 valence electrons. The highest BCUT2D eigenvalue weighted by Crippen LogP contribution is 2.27. The molecule has 1 rings (SSSR count). The van der Waals surface area contributed by atoms with Gasteiger partial charge in [0.25, 0.3) is 0 Å². The Balaban J connectivity index is 3.04. The van der Waals surface area contributed by atoms with Crippen LogP contribution in [0.2, 0.25) is 5.02 Å². The smallest absolute Gasteiger partial charge is 0.149 e. The Bertz CT molecular complexity index is 393. The van der Waals surface area contributed by atoms with E-state index in [0.717, 1.165) is 12.1 Å². The predicted molar refractivity (Wildman–Crippen MR) is 55.3 cm³/mol. The highest BCUT2D eigenvalue weighted by molar-refractivity contribution is 6.32. The summed E-state index contributed by atoms with van der Waals surface area (Å²) in [6.45, 7) is 0. The van der Waals surface area contributed by atoms with E-state index in [0.29, 0.717) is 12.3 Å². The van der Waals surface area contributed by atoms with Gasteiger partial charge in [0.1, 0.15) is 11.6 Å². The monoisotopic (exact) mass is 232 g/mol. The maximum absolute atomic E-state index is 12.8. The molecule has 0 aliphatic heterocycles. The van der Waals surface area contributed by atoms with E-state index in [1.165, 1.54) is 0 Å². The number of aromatic hydroxyl groups is 1. The molecule has 0 bridgehead atoms. The molecule has 0 aliphatic carbocycles. The molecular weight excluding hydrogens is 226 g/mol. The van der Waals surface area contributed by atoms with Crippen LogP contribution >= 0.6 is 23.2 Å². The molecule has 1 aromatic carbocycles. The number of phenols is 1. The van der Waals surface area contributed by atoms with Gasteiger partial charge in [0.15, 0.2) is 0 Å². The van der Waals surface area contributed by atoms with E-state index in [4.69, 9.17) is 23.2 Å². The first-order valence-corrected chi connectivity index (χ1v) is 4.79. The average Bonchev–Trinajstić information content (AvgIpc) is 2.13. The maximum atomic E-state index is 12.8. The molecule has 0 saturated carbocycles. The lowest BCUT2D eigenvalue weighted by atomic mass is 10.2. The second kappa shape index (κ2) is 5.09. The fourth-order valence-corrected chi connectivity index (χ4v) is 1.17. The predicted octanol–water partition coefficient (Wildman–Crippen LogP) is 3.17. The molecule has 1 N–H and O–H groups in total. The van der Waals surface area contributed by atoms with Crippen LogP contribution < -0.4 is 0 Å². The molecule has 1 aromatic rings. The third-order valence-electron chi connectivity index (χ3n) is 1.47. The Kier molecular flexibility index (Phi) is 4.06. The van der Waals surface area contributed by atoms with Crippen molar-refractivity contribution < 1.29 is 9.50 Å². The van der Waals surface area contributed by atoms with E-state index < -0.39 is 5.82 Å². The molecule has 0 radical (unpaired) electrons. The first kappa shape index (κ1) is 11.2. The molecule has 14 heavy (non-hydrogen) atoms. The summed E-state index contributed by atoms with van der Waals surface area (Å²) in [4.78, 5) is 0. The third kappa shape index (κ3) is 2.80. The van der Waals surface area contributed by atoms with Crippen molar-refractivity contribution in [3.63, 3.8) is 0 Å². The van der Waals surface area contributed by atoms with Crippen molar-refractivity contribution in [2.75, 3.05) is 5.88 Å². The van der Waals surface area contributed by atoms with Crippen LogP contribution in [0.1, 0.15) is 12.0 Å². The summed E-state index contributed by atoms with van der Waals surface area (Å²) in [5.41, 5.74) is 0.181. The van der Waals surface area contributed by atoms with Crippen molar-refractivity contribution in [1.29, 1.82) is 0 Å². The molecule has 0 unspecified atom stereocenters. The Labute approximate surface area is 91.5 Å². The number of halogens is 3. The van der Waals surface area contributed by atoms with E-state index in [2.05, 4.69) is 11.8 Å². The van der Waals surface area contributed by atoms with Gasteiger partial charge in [0, 0.05) is 12.3 Å². The maximum Gasteiger partial charge on any atom is 0.149 e. The van der Waals surface area contributed by atoms with Crippen LogP contribution in [0.3, 0.4) is 0 Å². The van der Waals surface area contributed by atoms with Crippen molar-refractivity contribution in [2.24, 2.45) is 0 Å². The summed E-state index contributed by atoms with van der Waals surface area (Å²) in [5, 5.41) is 9.35. The summed E-state index contributed by atoms with van der Waals surface area (Å²) < 4.78 is 12.8. The lowest BCUT2D eigenvalue weighted by Gasteiger charge is -1.99. The van der Waals surface area contributed by atoms with Gasteiger partial charge in [-0.05, 0) is 12.1 Å². The number of hydrogen-bond donors (Lipinski definition) is 1. The minimum Gasteiger partial charge on any atom is -0.505 e. The van der Waals surface area contributed by atoms with Crippen LogP contribution in [0.4, 0.5) is 4.39 Å². The highest BCUT2D eigenvalue weighted by Gasteiger charge is 2.05. The van der Waals surface area contributed by atoms with Crippen LogP contribution in [0.5, 0.6) is 5.75 Å². The van der Waals surface area contributed by atoms with Crippen LogP contribution in [-0.2, 0) is 0 Å². The topological polar surface area (TPSA) is 20.2 Å². The van der Waals surface area contributed by atoms with Crippen molar-refractivity contribution in [2.45, 2.75) is 6.42 Å². The normalized spacial score (nSPS) is 9.36. The molecule has 0 amide bonds. The lowest BCUT2D eigenvalue weighted by molar-refractivity contribution is 0.471. The molecule has 1 nitrogen and oxygen atoms in total. The number of hydrogen-bond acceptors (Lipinski definition) is 1. The molecule has 4 heteroatoms. The fourth-order valence-electron chi connectivity index (χ4n) is 0.866. The Morgan fingerprint density at radius 2 is 2.14 bits per heavy atom. The van der Waals surface area contributed by atoms with Crippen LogP contribution in [0.25, 0.3) is 0 Å². The van der Waals surface area contributed by atoms with E-state index in [1.54, 1.807) is 0 Å². The fraction of sp³-hybridized carbons (Fsp3) is 0.200. The van der Waals surface area contributed by atoms with E-state index >= 15 is 0 Å². The van der Waals surface area contributed by atoms with Gasteiger partial charge in [-0.25, -0.2) is 4.39 Å². The van der Waals surface area contributed by atoms with Gasteiger partial charge in [0.2, 0.25) is 0 Å². The first-order valence-electron chi connectivity index (χ1n) is 3.88. The minimum atomic E-state index is -0.525. The molecule has 0 spiro atoms. The van der Waals surface area contributed by atoms with E-state index in [9.17, 15) is 9.50 Å². The van der Waals surface area contributed by atoms with E-state index in [-0.39, 0.29) is 16.3 Å². The van der Waals surface area contributed by atoms with Gasteiger partial charge in [-0.15, -0.1) is 11.6 Å². The van der Waals surface area contributed by atoms with Gasteiger partial charge in [0.05, 0.1) is 10.6 Å². The summed E-state index contributed by atoms with van der Waals surface area (Å²) in [7, 11) is 0. The molecule has 0 aliphatic rings. The quantitative estimate of drug-likeness (QED) is 0.583. The zero-order valence-corrected chi connectivity index (χ0v) is 8.66. The zero-order valence-electron chi connectivity index (χ0n) is 7.15. The number of benzene rings is 1. The van der Waals surface area contributed by atoms with Gasteiger partial charge in [-0.2, -0.15) is 0 Å². The second-order valence-electron chi connectivity index (χ2n) is 2.52. The number of rotatable bonds is 1. The Morgan fingerprint density at radius 3 is 2.79 bits per heavy atom. The third-order valence-corrected chi connectivity index (χ3v) is 1.95. The van der Waals surface area contributed by atoms with Crippen molar-refractivity contribution in [1.82, 2.24) is 0 Å². The molecule has 0 aromatic heterocycles. The average molecular weight is 233 g/mol. The summed E-state index contributed by atoms with van der Waals surface area (Å²) >= 11 is 11.0. The van der Waals surface area contributed by atoms with Crippen LogP contribution in [-0.4, -0.2) is 11.0 Å². The van der Waals surface area contributed by atoms with Crippen LogP contribution in [0.15, 0.2) is 12.1 Å². The van der Waals surface area contributed by atoms with Crippen molar-refractivity contribution >= 4 is 23.2 Å². The standard InChI is InChI=1S/C10H7Cl2FO/c11-4-2-1-3-7-5-8(13)6-9(12)10(7)14/h5-6,14H,2,4H2. The van der Waals surface area contributed by atoms with E-state index in [1.807, 2.05) is 0 Å². The zero-order chi connectivity index (χ0) is 10.6. The molecule has 0 saturated heterocycles. The summed E-state index contributed by atoms with van der Waals surface area (Å²) in [6.07, 6.45) is 0.481. The lowest BCUT2D eigenvalue weighted by Crippen LogP contribution is -1.82. The Morgan fingerprint density at radius 1 is 1.43 bits per heavy atom. The number of alkyl halides is 1. The summed E-state index contributed by atoms with van der Waals surface area (Å²) in [5.74, 6) is 4.94. The van der Waals surface area contributed by atoms with Crippen LogP contribution in [0, 0.1) is 17.7 Å². The highest BCUT2D eigenvalue weighted by atomic mass is 35.5.